The number of rotatable bonds is 6. The largest absolute Gasteiger partial charge is 0.494 e. The molecule has 1 amide bonds. The maximum Gasteiger partial charge on any atom is 0.292 e. The molecule has 0 saturated heterocycles. The highest BCUT2D eigenvalue weighted by Crippen LogP contribution is 2.31. The van der Waals surface area contributed by atoms with Crippen LogP contribution in [0.5, 0.6) is 5.75 Å². The quantitative estimate of drug-likeness (QED) is 0.459. The van der Waals surface area contributed by atoms with Crippen LogP contribution in [0.25, 0.3) is 22.2 Å². The molecule has 1 N–H and O–H groups in total. The van der Waals surface area contributed by atoms with Crippen molar-refractivity contribution in [3.8, 4) is 17.0 Å². The van der Waals surface area contributed by atoms with Gasteiger partial charge in [0, 0.05) is 16.5 Å². The number of nitrogens with one attached hydrogen (secondary N) is 1. The third-order valence-corrected chi connectivity index (χ3v) is 5.15. The average molecular weight is 405 g/mol. The Morgan fingerprint density at radius 2 is 1.80 bits per heavy atom. The standard InChI is InChI=1S/C23H23N3O4/c1-5-12-28-17-9-7-16(8-10-17)19-22(26-30-25-19)24-23(27)21-15(4)18-11-6-13(2)14(3)20(18)29-21/h6-11H,5,12H2,1-4H3,(H,24,26,27). The maximum absolute atomic E-state index is 12.9. The molecular weight excluding hydrogens is 382 g/mol. The zero-order valence-corrected chi connectivity index (χ0v) is 17.4. The molecule has 4 aromatic rings. The van der Waals surface area contributed by atoms with Crippen LogP contribution in [-0.4, -0.2) is 22.8 Å². The Bertz CT molecular complexity index is 1210. The van der Waals surface area contributed by atoms with Crippen molar-refractivity contribution in [2.45, 2.75) is 34.1 Å². The Kier molecular flexibility index (Phi) is 5.27. The number of benzene rings is 2. The molecular formula is C23H23N3O4. The summed E-state index contributed by atoms with van der Waals surface area (Å²) in [5.41, 5.74) is 4.82. The van der Waals surface area contributed by atoms with Gasteiger partial charge >= 0.3 is 0 Å². The average Bonchev–Trinajstić information content (AvgIpc) is 3.34. The van der Waals surface area contributed by atoms with E-state index in [9.17, 15) is 4.79 Å². The molecule has 0 aliphatic carbocycles. The lowest BCUT2D eigenvalue weighted by Crippen LogP contribution is -2.13. The number of ether oxygens (including phenoxy) is 1. The van der Waals surface area contributed by atoms with Crippen molar-refractivity contribution < 1.29 is 18.6 Å². The number of carbonyl (C=O) groups is 1. The van der Waals surface area contributed by atoms with E-state index in [4.69, 9.17) is 13.8 Å². The van der Waals surface area contributed by atoms with Gasteiger partial charge in [-0.25, -0.2) is 4.63 Å². The van der Waals surface area contributed by atoms with Crippen molar-refractivity contribution in [1.82, 2.24) is 10.3 Å². The number of carbonyl (C=O) groups excluding carboxylic acids is 1. The summed E-state index contributed by atoms with van der Waals surface area (Å²) in [4.78, 5) is 12.9. The molecule has 0 spiro atoms. The van der Waals surface area contributed by atoms with E-state index in [1.54, 1.807) is 0 Å². The van der Waals surface area contributed by atoms with Gasteiger partial charge in [0.05, 0.1) is 6.61 Å². The number of hydrogen-bond donors (Lipinski definition) is 1. The third-order valence-electron chi connectivity index (χ3n) is 5.15. The van der Waals surface area contributed by atoms with E-state index in [1.165, 1.54) is 0 Å². The van der Waals surface area contributed by atoms with E-state index < -0.39 is 5.91 Å². The predicted octanol–water partition coefficient (Wildman–Crippen LogP) is 5.45. The summed E-state index contributed by atoms with van der Waals surface area (Å²) >= 11 is 0. The zero-order valence-electron chi connectivity index (χ0n) is 17.4. The van der Waals surface area contributed by atoms with Crippen LogP contribution in [0.1, 0.15) is 40.6 Å². The van der Waals surface area contributed by atoms with Gasteiger partial charge in [-0.2, -0.15) is 0 Å². The second-order valence-electron chi connectivity index (χ2n) is 7.23. The van der Waals surface area contributed by atoms with Crippen LogP contribution >= 0.6 is 0 Å². The summed E-state index contributed by atoms with van der Waals surface area (Å²) in [7, 11) is 0. The Hall–Kier alpha value is -3.61. The van der Waals surface area contributed by atoms with Gasteiger partial charge in [0.15, 0.2) is 11.5 Å². The van der Waals surface area contributed by atoms with Crippen LogP contribution in [0.3, 0.4) is 0 Å². The summed E-state index contributed by atoms with van der Waals surface area (Å²) in [6, 6.07) is 11.4. The molecule has 0 aliphatic heterocycles. The van der Waals surface area contributed by atoms with Crippen LogP contribution in [0.15, 0.2) is 45.4 Å². The van der Waals surface area contributed by atoms with Gasteiger partial charge in [0.25, 0.3) is 5.91 Å². The molecule has 0 unspecified atom stereocenters. The number of amides is 1. The van der Waals surface area contributed by atoms with E-state index in [-0.39, 0.29) is 11.6 Å². The third kappa shape index (κ3) is 3.54. The molecule has 2 heterocycles. The Balaban J connectivity index is 1.60. The Morgan fingerprint density at radius 1 is 1.03 bits per heavy atom. The van der Waals surface area contributed by atoms with Gasteiger partial charge < -0.3 is 9.15 Å². The number of fused-ring (bicyclic) bond motifs is 1. The molecule has 0 aliphatic rings. The maximum atomic E-state index is 12.9. The monoisotopic (exact) mass is 405 g/mol. The molecule has 0 radical (unpaired) electrons. The summed E-state index contributed by atoms with van der Waals surface area (Å²) in [5, 5.41) is 11.5. The van der Waals surface area contributed by atoms with Crippen molar-refractivity contribution >= 4 is 22.7 Å². The van der Waals surface area contributed by atoms with Crippen molar-refractivity contribution in [3.05, 3.63) is 58.8 Å². The smallest absolute Gasteiger partial charge is 0.292 e. The minimum absolute atomic E-state index is 0.231. The fourth-order valence-electron chi connectivity index (χ4n) is 3.29. The minimum atomic E-state index is -0.402. The summed E-state index contributed by atoms with van der Waals surface area (Å²) in [6.07, 6.45) is 0.936. The fraction of sp³-hybridized carbons (Fsp3) is 0.261. The first-order chi connectivity index (χ1) is 14.5. The molecule has 30 heavy (non-hydrogen) atoms. The van der Waals surface area contributed by atoms with Gasteiger partial charge in [-0.1, -0.05) is 19.1 Å². The van der Waals surface area contributed by atoms with E-state index in [2.05, 4.69) is 22.6 Å². The van der Waals surface area contributed by atoms with Gasteiger partial charge in [-0.15, -0.1) is 0 Å². The molecule has 4 rings (SSSR count). The van der Waals surface area contributed by atoms with Crippen LogP contribution in [-0.2, 0) is 0 Å². The number of aromatic nitrogens is 2. The van der Waals surface area contributed by atoms with Gasteiger partial charge in [-0.05, 0) is 72.9 Å². The molecule has 0 bridgehead atoms. The molecule has 7 heteroatoms. The number of nitrogens with zero attached hydrogens (tertiary/aromatic N) is 2. The second kappa shape index (κ2) is 8.02. The lowest BCUT2D eigenvalue weighted by atomic mass is 10.0. The van der Waals surface area contributed by atoms with E-state index >= 15 is 0 Å². The lowest BCUT2D eigenvalue weighted by molar-refractivity contribution is 0.0997. The molecule has 0 atom stereocenters. The molecule has 2 aromatic heterocycles. The predicted molar refractivity (Wildman–Crippen MR) is 114 cm³/mol. The van der Waals surface area contributed by atoms with Crippen molar-refractivity contribution in [2.75, 3.05) is 11.9 Å². The number of aryl methyl sites for hydroxylation is 3. The number of furan rings is 1. The van der Waals surface area contributed by atoms with Gasteiger partial charge in [-0.3, -0.25) is 10.1 Å². The second-order valence-corrected chi connectivity index (χ2v) is 7.23. The van der Waals surface area contributed by atoms with Crippen molar-refractivity contribution in [1.29, 1.82) is 0 Å². The summed E-state index contributed by atoms with van der Waals surface area (Å²) in [5.74, 6) is 0.845. The summed E-state index contributed by atoms with van der Waals surface area (Å²) < 4.78 is 16.4. The zero-order chi connectivity index (χ0) is 21.3. The Labute approximate surface area is 174 Å². The van der Waals surface area contributed by atoms with Crippen molar-refractivity contribution in [2.24, 2.45) is 0 Å². The highest BCUT2D eigenvalue weighted by molar-refractivity contribution is 6.07. The molecule has 154 valence electrons. The molecule has 7 nitrogen and oxygen atoms in total. The highest BCUT2D eigenvalue weighted by atomic mass is 16.6. The molecule has 0 fully saturated rings. The van der Waals surface area contributed by atoms with Crippen LogP contribution < -0.4 is 10.1 Å². The minimum Gasteiger partial charge on any atom is -0.494 e. The lowest BCUT2D eigenvalue weighted by Gasteiger charge is -2.05. The normalized spacial score (nSPS) is 11.1. The van der Waals surface area contributed by atoms with E-state index in [0.29, 0.717) is 12.3 Å². The van der Waals surface area contributed by atoms with Crippen LogP contribution in [0, 0.1) is 20.8 Å². The van der Waals surface area contributed by atoms with E-state index in [1.807, 2.05) is 57.2 Å². The van der Waals surface area contributed by atoms with Crippen LogP contribution in [0.4, 0.5) is 5.82 Å². The van der Waals surface area contributed by atoms with Crippen LogP contribution in [0.2, 0.25) is 0 Å². The first kappa shape index (κ1) is 19.7. The number of anilines is 1. The van der Waals surface area contributed by atoms with Gasteiger partial charge in [0.1, 0.15) is 11.3 Å². The fourth-order valence-corrected chi connectivity index (χ4v) is 3.29. The van der Waals surface area contributed by atoms with Crippen molar-refractivity contribution in [3.63, 3.8) is 0 Å². The first-order valence-corrected chi connectivity index (χ1v) is 9.86. The topological polar surface area (TPSA) is 90.4 Å². The first-order valence-electron chi connectivity index (χ1n) is 9.86. The Morgan fingerprint density at radius 3 is 2.53 bits per heavy atom. The number of hydrogen-bond acceptors (Lipinski definition) is 6. The summed E-state index contributed by atoms with van der Waals surface area (Å²) in [6.45, 7) is 8.57. The van der Waals surface area contributed by atoms with Gasteiger partial charge in [0.2, 0.25) is 5.82 Å². The molecule has 0 saturated carbocycles. The highest BCUT2D eigenvalue weighted by Gasteiger charge is 2.22. The molecule has 2 aromatic carbocycles. The van der Waals surface area contributed by atoms with E-state index in [0.717, 1.165) is 45.4 Å². The SMILES string of the molecule is CCCOc1ccc(-c2nonc2NC(=O)c2oc3c(C)c(C)ccc3c2C)cc1.